The molecule has 0 radical (unpaired) electrons. The predicted molar refractivity (Wildman–Crippen MR) is 215 cm³/mol. The van der Waals surface area contributed by atoms with Crippen LogP contribution in [0.2, 0.25) is 0 Å². The molecule has 0 spiro atoms. The number of aliphatic hydroxyl groups excluding tert-OH is 1. The van der Waals surface area contributed by atoms with Gasteiger partial charge in [0, 0.05) is 30.1 Å². The second-order valence-electron chi connectivity index (χ2n) is 17.8. The van der Waals surface area contributed by atoms with Crippen LogP contribution in [0.15, 0.2) is 33.1 Å². The molecule has 4 saturated heterocycles. The molecule has 0 unspecified atom stereocenters. The SMILES string of the molecule is CC[C@@H]1OC(=O)[C@H](C)[C@H]2OCC(=NOCc3ccc4ocnc4n3)CO[C@](C)(C[C@@H](C)C3=NCCN4C(=O)O[C@@]1(C)[C@H]4[C@H]3C)[C@@H](O[C@H]1O[C@@H](C)C[C@@H](N(C)C)[C@@H]1O)[C@@H]2C. The van der Waals surface area contributed by atoms with E-state index in [9.17, 15) is 14.7 Å². The third-order valence-corrected chi connectivity index (χ3v) is 13.2. The van der Waals surface area contributed by atoms with Gasteiger partial charge in [-0.2, -0.15) is 4.98 Å². The van der Waals surface area contributed by atoms with Gasteiger partial charge in [0.05, 0.1) is 61.3 Å². The maximum absolute atomic E-state index is 14.5. The van der Waals surface area contributed by atoms with E-state index < -0.39 is 71.8 Å². The minimum Gasteiger partial charge on any atom is -0.458 e. The van der Waals surface area contributed by atoms with Crippen molar-refractivity contribution in [2.24, 2.45) is 33.8 Å². The van der Waals surface area contributed by atoms with E-state index in [0.717, 1.165) is 5.71 Å². The molecule has 5 aliphatic rings. The van der Waals surface area contributed by atoms with Crippen molar-refractivity contribution < 1.29 is 52.4 Å². The second kappa shape index (κ2) is 17.3. The summed E-state index contributed by atoms with van der Waals surface area (Å²) < 4.78 is 45.1. The summed E-state index contributed by atoms with van der Waals surface area (Å²) in [6.07, 6.45) is -2.20. The molecule has 326 valence electrons. The number of carbonyl (C=O) groups excluding carboxylic acids is 2. The van der Waals surface area contributed by atoms with E-state index in [1.54, 1.807) is 24.0 Å². The zero-order valence-corrected chi connectivity index (χ0v) is 36.0. The highest BCUT2D eigenvalue weighted by atomic mass is 16.7. The Bertz CT molecular complexity index is 1890. The smallest absolute Gasteiger partial charge is 0.410 e. The number of aliphatic imine (C=N–C) groups is 1. The summed E-state index contributed by atoms with van der Waals surface area (Å²) in [4.78, 5) is 51.4. The van der Waals surface area contributed by atoms with Crippen molar-refractivity contribution in [2.45, 2.75) is 141 Å². The maximum atomic E-state index is 14.5. The van der Waals surface area contributed by atoms with Crippen molar-refractivity contribution in [1.29, 1.82) is 0 Å². The molecule has 0 aliphatic carbocycles. The summed E-state index contributed by atoms with van der Waals surface area (Å²) in [7, 11) is 3.86. The molecule has 2 aromatic rings. The number of carbonyl (C=O) groups is 2. The molecule has 0 saturated carbocycles. The van der Waals surface area contributed by atoms with E-state index in [0.29, 0.717) is 55.0 Å². The Balaban J connectivity index is 1.30. The van der Waals surface area contributed by atoms with Crippen molar-refractivity contribution in [2.75, 3.05) is 40.4 Å². The third-order valence-electron chi connectivity index (χ3n) is 13.2. The quantitative estimate of drug-likeness (QED) is 0.306. The van der Waals surface area contributed by atoms with E-state index >= 15 is 0 Å². The number of oxime groups is 1. The lowest BCUT2D eigenvalue weighted by molar-refractivity contribution is -0.302. The van der Waals surface area contributed by atoms with Gasteiger partial charge < -0.3 is 47.7 Å². The third kappa shape index (κ3) is 8.47. The van der Waals surface area contributed by atoms with Gasteiger partial charge in [-0.25, -0.2) is 9.78 Å². The van der Waals surface area contributed by atoms with Gasteiger partial charge in [0.25, 0.3) is 0 Å². The molecule has 17 heteroatoms. The molecule has 1 N–H and O–H groups in total. The first-order valence-corrected chi connectivity index (χ1v) is 21.1. The highest BCUT2D eigenvalue weighted by Gasteiger charge is 2.60. The maximum Gasteiger partial charge on any atom is 0.410 e. The van der Waals surface area contributed by atoms with Gasteiger partial charge in [0.2, 0.25) is 0 Å². The van der Waals surface area contributed by atoms with Gasteiger partial charge in [-0.05, 0) is 79.1 Å². The summed E-state index contributed by atoms with van der Waals surface area (Å²) in [5, 5.41) is 16.3. The predicted octanol–water partition coefficient (Wildman–Crippen LogP) is 4.38. The highest BCUT2D eigenvalue weighted by molar-refractivity contribution is 5.91. The zero-order chi connectivity index (χ0) is 42.4. The van der Waals surface area contributed by atoms with Gasteiger partial charge in [-0.1, -0.05) is 32.9 Å². The second-order valence-corrected chi connectivity index (χ2v) is 17.8. The van der Waals surface area contributed by atoms with Crippen molar-refractivity contribution in [3.63, 3.8) is 0 Å². The summed E-state index contributed by atoms with van der Waals surface area (Å²) in [5.74, 6) is -2.31. The van der Waals surface area contributed by atoms with Crippen LogP contribution in [-0.2, 0) is 44.7 Å². The van der Waals surface area contributed by atoms with Gasteiger partial charge >= 0.3 is 12.1 Å². The van der Waals surface area contributed by atoms with Gasteiger partial charge in [0.1, 0.15) is 17.9 Å². The molecule has 7 rings (SSSR count). The van der Waals surface area contributed by atoms with Gasteiger partial charge in [-0.15, -0.1) is 0 Å². The number of oxazole rings is 1. The molecule has 4 fully saturated rings. The molecule has 14 atom stereocenters. The van der Waals surface area contributed by atoms with Crippen molar-refractivity contribution >= 4 is 34.7 Å². The van der Waals surface area contributed by atoms with Crippen LogP contribution in [0.1, 0.15) is 80.3 Å². The minimum atomic E-state index is -1.14. The summed E-state index contributed by atoms with van der Waals surface area (Å²) in [5.41, 5.74) is 0.725. The van der Waals surface area contributed by atoms with Crippen LogP contribution in [0.25, 0.3) is 11.2 Å². The molecular formula is C42H62N6O11. The Labute approximate surface area is 346 Å². The van der Waals surface area contributed by atoms with Crippen LogP contribution < -0.4 is 0 Å². The summed E-state index contributed by atoms with van der Waals surface area (Å²) in [6.45, 7) is 16.5. The van der Waals surface area contributed by atoms with Crippen LogP contribution >= 0.6 is 0 Å². The Morgan fingerprint density at radius 3 is 2.61 bits per heavy atom. The van der Waals surface area contributed by atoms with Crippen LogP contribution in [-0.4, -0.2) is 149 Å². The van der Waals surface area contributed by atoms with Crippen LogP contribution in [0.5, 0.6) is 0 Å². The van der Waals surface area contributed by atoms with E-state index in [1.807, 2.05) is 53.6 Å². The summed E-state index contributed by atoms with van der Waals surface area (Å²) >= 11 is 0. The standard InChI is InChI=1S/C42H62N6O11/c1-11-31-42(8)35-24(4)32(43-14-15-48(35)40(51)59-42)22(2)17-41(7)36(58-39-33(49)29(47(9)10)16-23(3)56-39)25(5)34(26(6)38(50)57-31)52-18-28(19-54-41)46-55-20-27-12-13-30-37(45-27)44-21-53-30/h12-13,21-26,29,31,33-36,39,49H,11,14-20H2,1-10H3/t22-,23+,24+,25-,26-,29-,31+,33+,34+,35-,36+,39-,41-,42-/m1/s1. The lowest BCUT2D eigenvalue weighted by Gasteiger charge is -2.48. The Morgan fingerprint density at radius 1 is 1.08 bits per heavy atom. The fourth-order valence-electron chi connectivity index (χ4n) is 10.3. The van der Waals surface area contributed by atoms with Crippen molar-refractivity contribution in [1.82, 2.24) is 19.8 Å². The van der Waals surface area contributed by atoms with Crippen molar-refractivity contribution in [3.8, 4) is 0 Å². The molecule has 0 aromatic carbocycles. The number of ether oxygens (including phenoxy) is 6. The van der Waals surface area contributed by atoms with Gasteiger partial charge in [0.15, 0.2) is 36.1 Å². The number of rotatable bonds is 7. The molecular weight excluding hydrogens is 764 g/mol. The number of fused-ring (bicyclic) bond motifs is 5. The lowest BCUT2D eigenvalue weighted by atomic mass is 9.72. The lowest BCUT2D eigenvalue weighted by Crippen LogP contribution is -2.60. The topological polar surface area (TPSA) is 189 Å². The fraction of sp³-hybridized carbons (Fsp3) is 0.762. The Hall–Kier alpha value is -3.74. The first-order chi connectivity index (χ1) is 28.0. The van der Waals surface area contributed by atoms with Crippen molar-refractivity contribution in [3.05, 3.63) is 24.2 Å². The average Bonchev–Trinajstić information content (AvgIpc) is 3.71. The summed E-state index contributed by atoms with van der Waals surface area (Å²) in [6, 6.07) is 2.88. The average molecular weight is 827 g/mol. The monoisotopic (exact) mass is 826 g/mol. The van der Waals surface area contributed by atoms with Crippen LogP contribution in [0, 0.1) is 23.7 Å². The number of likely N-dealkylation sites (N-methyl/N-ethyl adjacent to an activating group) is 1. The fourth-order valence-corrected chi connectivity index (χ4v) is 10.3. The van der Waals surface area contributed by atoms with E-state index in [2.05, 4.69) is 29.0 Å². The first kappa shape index (κ1) is 43.4. The normalized spacial score (nSPS) is 40.4. The number of amides is 1. The molecule has 5 aliphatic heterocycles. The number of hydrogen-bond donors (Lipinski definition) is 1. The minimum absolute atomic E-state index is 0.00134. The zero-order valence-electron chi connectivity index (χ0n) is 36.0. The first-order valence-electron chi connectivity index (χ1n) is 21.1. The van der Waals surface area contributed by atoms with Gasteiger partial charge in [-0.3, -0.25) is 14.7 Å². The molecule has 1 amide bonds. The number of nitrogens with zero attached hydrogens (tertiary/aromatic N) is 6. The highest BCUT2D eigenvalue weighted by Crippen LogP contribution is 2.45. The number of cyclic esters (lactones) is 1. The molecule has 7 heterocycles. The molecule has 59 heavy (non-hydrogen) atoms. The Kier molecular flexibility index (Phi) is 12.7. The number of pyridine rings is 1. The van der Waals surface area contributed by atoms with E-state index in [1.165, 1.54) is 6.39 Å². The number of hydrogen-bond acceptors (Lipinski definition) is 16. The largest absolute Gasteiger partial charge is 0.458 e. The molecule has 2 aromatic heterocycles. The number of aliphatic hydroxyl groups is 1. The molecule has 4 bridgehead atoms. The van der Waals surface area contributed by atoms with Crippen LogP contribution in [0.3, 0.4) is 0 Å². The Morgan fingerprint density at radius 2 is 1.86 bits per heavy atom. The van der Waals surface area contributed by atoms with Crippen LogP contribution in [0.4, 0.5) is 4.79 Å². The molecule has 17 nitrogen and oxygen atoms in total. The van der Waals surface area contributed by atoms with E-state index in [-0.39, 0.29) is 43.8 Å². The number of esters is 1. The number of aromatic nitrogens is 2. The van der Waals surface area contributed by atoms with E-state index in [4.69, 9.17) is 42.7 Å².